The predicted molar refractivity (Wildman–Crippen MR) is 220 cm³/mol. The lowest BCUT2D eigenvalue weighted by molar-refractivity contribution is -0.153. The van der Waals surface area contributed by atoms with Crippen LogP contribution in [0.1, 0.15) is 194 Å². The average molecular weight is 804 g/mol. The fourth-order valence-corrected chi connectivity index (χ4v) is 5.99. The highest BCUT2D eigenvalue weighted by atomic mass is 16.5. The Morgan fingerprint density at radius 1 is 0.474 bits per heavy atom. The van der Waals surface area contributed by atoms with Gasteiger partial charge in [0.05, 0.1) is 6.42 Å². The second-order valence-electron chi connectivity index (χ2n) is 14.5. The number of aliphatic carboxylic acids is 2. The van der Waals surface area contributed by atoms with Crippen molar-refractivity contribution in [2.24, 2.45) is 0 Å². The molecule has 12 heteroatoms. The molecule has 1 amide bonds. The average Bonchev–Trinajstić information content (AvgIpc) is 3.17. The molecule has 12 nitrogen and oxygen atoms in total. The summed E-state index contributed by atoms with van der Waals surface area (Å²) in [6.45, 7) is 3.46. The maximum atomic E-state index is 12.7. The van der Waals surface area contributed by atoms with Gasteiger partial charge < -0.3 is 29.3 Å². The number of hydrogen-bond acceptors (Lipinski definition) is 9. The number of carboxylic acid groups (broad SMARTS) is 2. The van der Waals surface area contributed by atoms with Crippen LogP contribution in [0.3, 0.4) is 0 Å². The first-order valence-corrected chi connectivity index (χ1v) is 21.7. The third-order valence-electron chi connectivity index (χ3n) is 9.20. The molecule has 324 valence electrons. The molecule has 0 aliphatic carbocycles. The first kappa shape index (κ1) is 52.9. The van der Waals surface area contributed by atoms with Crippen LogP contribution in [0, 0.1) is 23.7 Å². The van der Waals surface area contributed by atoms with Crippen LogP contribution < -0.4 is 0 Å². The first-order valence-electron chi connectivity index (χ1n) is 21.7. The quantitative estimate of drug-likeness (QED) is 0.0268. The molecule has 0 heterocycles. The van der Waals surface area contributed by atoms with E-state index in [2.05, 4.69) is 37.5 Å². The lowest BCUT2D eigenvalue weighted by Crippen LogP contribution is -2.39. The zero-order valence-corrected chi connectivity index (χ0v) is 35.2. The van der Waals surface area contributed by atoms with Gasteiger partial charge in [-0.3, -0.25) is 28.8 Å². The van der Waals surface area contributed by atoms with E-state index in [1.165, 1.54) is 38.5 Å². The molecule has 0 fully saturated rings. The van der Waals surface area contributed by atoms with Gasteiger partial charge in [-0.15, -0.1) is 11.8 Å². The fourth-order valence-electron chi connectivity index (χ4n) is 5.99. The van der Waals surface area contributed by atoms with E-state index in [4.69, 9.17) is 24.4 Å². The van der Waals surface area contributed by atoms with Gasteiger partial charge in [-0.1, -0.05) is 103 Å². The van der Waals surface area contributed by atoms with Gasteiger partial charge in [0.1, 0.15) is 32.4 Å². The number of hydrogen-bond donors (Lipinski definition) is 2. The lowest BCUT2D eigenvalue weighted by atomic mass is 10.0. The predicted octanol–water partition coefficient (Wildman–Crippen LogP) is 8.95. The van der Waals surface area contributed by atoms with Crippen LogP contribution in [-0.4, -0.2) is 83.3 Å². The van der Waals surface area contributed by atoms with Crippen LogP contribution in [0.5, 0.6) is 0 Å². The number of amides is 1. The molecule has 0 saturated carbocycles. The second-order valence-corrected chi connectivity index (χ2v) is 14.5. The third-order valence-corrected chi connectivity index (χ3v) is 9.20. The van der Waals surface area contributed by atoms with Gasteiger partial charge in [0.2, 0.25) is 5.91 Å². The Bertz CT molecular complexity index is 1170. The molecule has 57 heavy (non-hydrogen) atoms. The second kappa shape index (κ2) is 38.8. The van der Waals surface area contributed by atoms with E-state index in [0.29, 0.717) is 56.6 Å². The molecule has 0 rings (SSSR count). The highest BCUT2D eigenvalue weighted by molar-refractivity contribution is 5.87. The zero-order valence-electron chi connectivity index (χ0n) is 35.2. The highest BCUT2D eigenvalue weighted by Crippen LogP contribution is 2.18. The molecule has 0 saturated heterocycles. The maximum absolute atomic E-state index is 12.7. The van der Waals surface area contributed by atoms with Crippen molar-refractivity contribution in [1.29, 1.82) is 0 Å². The molecule has 0 bridgehead atoms. The first-order chi connectivity index (χ1) is 27.6. The van der Waals surface area contributed by atoms with Crippen LogP contribution in [-0.2, 0) is 43.0 Å². The van der Waals surface area contributed by atoms with Gasteiger partial charge >= 0.3 is 29.8 Å². The van der Waals surface area contributed by atoms with Crippen molar-refractivity contribution in [1.82, 2.24) is 4.90 Å². The monoisotopic (exact) mass is 804 g/mol. The van der Waals surface area contributed by atoms with Gasteiger partial charge in [-0.25, -0.2) is 0 Å². The van der Waals surface area contributed by atoms with E-state index in [-0.39, 0.29) is 30.9 Å². The molecule has 0 aliphatic heterocycles. The number of nitrogens with zero attached hydrogens (tertiary/aromatic N) is 1. The molecule has 0 unspecified atom stereocenters. The molecular formula is C45H73NO11. The van der Waals surface area contributed by atoms with Gasteiger partial charge in [0.25, 0.3) is 0 Å². The number of rotatable bonds is 36. The van der Waals surface area contributed by atoms with E-state index >= 15 is 0 Å². The maximum Gasteiger partial charge on any atom is 0.323 e. The topological polar surface area (TPSA) is 174 Å². The summed E-state index contributed by atoms with van der Waals surface area (Å²) in [7, 11) is 0. The van der Waals surface area contributed by atoms with Crippen LogP contribution in [0.4, 0.5) is 0 Å². The van der Waals surface area contributed by atoms with E-state index in [9.17, 15) is 28.8 Å². The molecular weight excluding hydrogens is 730 g/mol. The van der Waals surface area contributed by atoms with Crippen LogP contribution in [0.25, 0.3) is 0 Å². The number of esters is 3. The summed E-state index contributed by atoms with van der Waals surface area (Å²) in [5, 5.41) is 18.0. The summed E-state index contributed by atoms with van der Waals surface area (Å²) in [5.41, 5.74) is 0. The molecule has 0 spiro atoms. The lowest BCUT2D eigenvalue weighted by Gasteiger charge is -2.20. The normalized spacial score (nSPS) is 10.5. The van der Waals surface area contributed by atoms with E-state index in [1.54, 1.807) is 0 Å². The Morgan fingerprint density at radius 2 is 0.877 bits per heavy atom. The molecule has 0 atom stereocenters. The number of carbonyl (C=O) groups excluding carboxylic acids is 4. The van der Waals surface area contributed by atoms with Gasteiger partial charge in [0.15, 0.2) is 0 Å². The largest absolute Gasteiger partial charge is 0.480 e. The summed E-state index contributed by atoms with van der Waals surface area (Å²) in [6.07, 6.45) is 21.9. The molecule has 0 aliphatic rings. The molecule has 0 aromatic carbocycles. The molecule has 0 aromatic rings. The van der Waals surface area contributed by atoms with Gasteiger partial charge in [-0.05, 0) is 51.4 Å². The Balaban J connectivity index is 4.56. The minimum absolute atomic E-state index is 0.205. The zero-order chi connectivity index (χ0) is 42.2. The standard InChI is InChI=1S/C45H73NO11/c1-3-5-7-9-11-13-21-27-35-55-43(52)31-25-19-15-17-23-29-39(57-45(54)34-33-40(47)46(37-41(48)49)38-42(50)51)30-24-18-16-20-26-32-44(53)56-36-28-22-14-12-10-8-6-4-2/h39H,3-12,15-20,23-38H2,1-2H3,(H,48,49)(H,50,51). The van der Waals surface area contributed by atoms with Crippen molar-refractivity contribution in [3.05, 3.63) is 0 Å². The Labute approximate surface area is 342 Å². The number of carbonyl (C=O) groups is 6. The van der Waals surface area contributed by atoms with E-state index in [1.807, 2.05) is 0 Å². The number of ether oxygens (including phenoxy) is 3. The number of unbranched alkanes of at least 4 members (excludes halogenated alkanes) is 16. The summed E-state index contributed by atoms with van der Waals surface area (Å²) < 4.78 is 16.3. The van der Waals surface area contributed by atoms with Crippen molar-refractivity contribution < 1.29 is 53.2 Å². The summed E-state index contributed by atoms with van der Waals surface area (Å²) in [6, 6.07) is 0. The van der Waals surface area contributed by atoms with Gasteiger partial charge in [-0.2, -0.15) is 0 Å². The van der Waals surface area contributed by atoms with Crippen molar-refractivity contribution >= 4 is 35.8 Å². The molecule has 2 N–H and O–H groups in total. The van der Waals surface area contributed by atoms with Gasteiger partial charge in [0, 0.05) is 44.9 Å². The van der Waals surface area contributed by atoms with Crippen molar-refractivity contribution in [2.45, 2.75) is 200 Å². The summed E-state index contributed by atoms with van der Waals surface area (Å²) in [5.74, 6) is 7.96. The Morgan fingerprint density at radius 3 is 1.32 bits per heavy atom. The smallest absolute Gasteiger partial charge is 0.323 e. The Hall–Kier alpha value is -4.06. The molecule has 0 radical (unpaired) electrons. The van der Waals surface area contributed by atoms with E-state index < -0.39 is 36.9 Å². The third kappa shape index (κ3) is 37.3. The van der Waals surface area contributed by atoms with E-state index in [0.717, 1.165) is 89.9 Å². The Kier molecular flexibility index (Phi) is 36.0. The minimum Gasteiger partial charge on any atom is -0.480 e. The molecule has 0 aromatic heterocycles. The minimum atomic E-state index is -1.35. The van der Waals surface area contributed by atoms with Crippen molar-refractivity contribution in [3.63, 3.8) is 0 Å². The van der Waals surface area contributed by atoms with Crippen LogP contribution in [0.15, 0.2) is 0 Å². The van der Waals surface area contributed by atoms with Crippen molar-refractivity contribution in [3.8, 4) is 23.7 Å². The fraction of sp³-hybridized carbons (Fsp3) is 0.778. The SMILES string of the molecule is CCCCCCC#CCCOC(=O)CCCCCCCC(CCCCCCCC(=O)OCCC#CCCCCCC)OC(=O)CCC(=O)N(CC(=O)O)CC(=O)O. The van der Waals surface area contributed by atoms with Crippen LogP contribution >= 0.6 is 0 Å². The number of carboxylic acids is 2. The summed E-state index contributed by atoms with van der Waals surface area (Å²) >= 11 is 0. The van der Waals surface area contributed by atoms with Crippen molar-refractivity contribution in [2.75, 3.05) is 26.3 Å². The summed E-state index contributed by atoms with van der Waals surface area (Å²) in [4.78, 5) is 72.1. The van der Waals surface area contributed by atoms with Crippen LogP contribution in [0.2, 0.25) is 0 Å². The highest BCUT2D eigenvalue weighted by Gasteiger charge is 2.22.